The van der Waals surface area contributed by atoms with Gasteiger partial charge < -0.3 is 14.9 Å². The van der Waals surface area contributed by atoms with E-state index in [1.807, 2.05) is 0 Å². The Kier molecular flexibility index (Phi) is 2.45. The Bertz CT molecular complexity index is 331. The highest BCUT2D eigenvalue weighted by Crippen LogP contribution is 2.38. The molecule has 1 aliphatic carbocycles. The van der Waals surface area contributed by atoms with Gasteiger partial charge in [0.2, 0.25) is 0 Å². The van der Waals surface area contributed by atoms with Crippen LogP contribution < -0.4 is 10.5 Å². The third kappa shape index (κ3) is 2.04. The highest BCUT2D eigenvalue weighted by molar-refractivity contribution is 6.29. The summed E-state index contributed by atoms with van der Waals surface area (Å²) in [6.45, 7) is 0. The first-order chi connectivity index (χ1) is 6.63. The van der Waals surface area contributed by atoms with E-state index in [2.05, 4.69) is 0 Å². The zero-order chi connectivity index (χ0) is 10.2. The SMILES string of the molecule is COc1cc(Cl)oc1CCC1(N)CC1. The van der Waals surface area contributed by atoms with Crippen LogP contribution in [0.2, 0.25) is 5.22 Å². The number of rotatable bonds is 4. The fourth-order valence-electron chi connectivity index (χ4n) is 1.50. The summed E-state index contributed by atoms with van der Waals surface area (Å²) < 4.78 is 10.4. The molecule has 1 fully saturated rings. The van der Waals surface area contributed by atoms with Crippen molar-refractivity contribution in [3.05, 3.63) is 17.0 Å². The monoisotopic (exact) mass is 215 g/mol. The zero-order valence-corrected chi connectivity index (χ0v) is 8.93. The van der Waals surface area contributed by atoms with Crippen molar-refractivity contribution < 1.29 is 9.15 Å². The fraction of sp³-hybridized carbons (Fsp3) is 0.600. The van der Waals surface area contributed by atoms with Gasteiger partial charge in [0.15, 0.2) is 11.0 Å². The number of methoxy groups -OCH3 is 1. The van der Waals surface area contributed by atoms with Gasteiger partial charge in [-0.1, -0.05) is 0 Å². The van der Waals surface area contributed by atoms with Gasteiger partial charge in [-0.25, -0.2) is 0 Å². The summed E-state index contributed by atoms with van der Waals surface area (Å²) in [6.07, 6.45) is 3.97. The van der Waals surface area contributed by atoms with Crippen molar-refractivity contribution in [3.63, 3.8) is 0 Å². The van der Waals surface area contributed by atoms with Crippen LogP contribution in [0.5, 0.6) is 5.75 Å². The molecule has 3 nitrogen and oxygen atoms in total. The van der Waals surface area contributed by atoms with Gasteiger partial charge in [0.1, 0.15) is 5.76 Å². The molecule has 0 amide bonds. The van der Waals surface area contributed by atoms with E-state index >= 15 is 0 Å². The maximum Gasteiger partial charge on any atom is 0.197 e. The molecule has 0 unspecified atom stereocenters. The van der Waals surface area contributed by atoms with Crippen molar-refractivity contribution in [2.45, 2.75) is 31.2 Å². The molecule has 0 atom stereocenters. The molecule has 4 heteroatoms. The maximum atomic E-state index is 5.98. The van der Waals surface area contributed by atoms with Crippen molar-refractivity contribution >= 4 is 11.6 Å². The first-order valence-electron chi connectivity index (χ1n) is 4.74. The molecule has 14 heavy (non-hydrogen) atoms. The van der Waals surface area contributed by atoms with Gasteiger partial charge in [0, 0.05) is 18.0 Å². The van der Waals surface area contributed by atoms with Crippen LogP contribution in [0.15, 0.2) is 10.5 Å². The Morgan fingerprint density at radius 2 is 2.36 bits per heavy atom. The van der Waals surface area contributed by atoms with Gasteiger partial charge in [-0.2, -0.15) is 0 Å². The highest BCUT2D eigenvalue weighted by Gasteiger charge is 2.37. The molecule has 1 heterocycles. The zero-order valence-electron chi connectivity index (χ0n) is 8.18. The second-order valence-electron chi connectivity index (χ2n) is 3.90. The largest absolute Gasteiger partial charge is 0.493 e. The molecule has 78 valence electrons. The maximum absolute atomic E-state index is 5.98. The molecule has 0 aliphatic heterocycles. The summed E-state index contributed by atoms with van der Waals surface area (Å²) in [6, 6.07) is 1.69. The lowest BCUT2D eigenvalue weighted by Crippen LogP contribution is -2.22. The van der Waals surface area contributed by atoms with Crippen molar-refractivity contribution in [3.8, 4) is 5.75 Å². The number of aryl methyl sites for hydroxylation is 1. The lowest BCUT2D eigenvalue weighted by atomic mass is 10.1. The number of hydrogen-bond donors (Lipinski definition) is 1. The van der Waals surface area contributed by atoms with Crippen LogP contribution in [0, 0.1) is 0 Å². The molecule has 0 spiro atoms. The molecule has 2 N–H and O–H groups in total. The number of furan rings is 1. The molecule has 1 aliphatic rings. The van der Waals surface area contributed by atoms with Crippen LogP contribution in [0.4, 0.5) is 0 Å². The molecular formula is C10H14ClNO2. The van der Waals surface area contributed by atoms with Crippen LogP contribution >= 0.6 is 11.6 Å². The number of hydrogen-bond acceptors (Lipinski definition) is 3. The predicted octanol–water partition coefficient (Wildman–Crippen LogP) is 2.37. The minimum atomic E-state index is 0.0459. The third-order valence-electron chi connectivity index (χ3n) is 2.70. The summed E-state index contributed by atoms with van der Waals surface area (Å²) in [5.74, 6) is 1.52. The van der Waals surface area contributed by atoms with Crippen molar-refractivity contribution in [1.29, 1.82) is 0 Å². The summed E-state index contributed by atoms with van der Waals surface area (Å²) >= 11 is 5.73. The van der Waals surface area contributed by atoms with Crippen LogP contribution in [-0.4, -0.2) is 12.6 Å². The van der Waals surface area contributed by atoms with Gasteiger partial charge in [-0.15, -0.1) is 0 Å². The fourth-order valence-corrected chi connectivity index (χ4v) is 1.69. The summed E-state index contributed by atoms with van der Waals surface area (Å²) in [5.41, 5.74) is 6.02. The second kappa shape index (κ2) is 3.48. The number of nitrogens with two attached hydrogens (primary N) is 1. The van der Waals surface area contributed by atoms with Gasteiger partial charge >= 0.3 is 0 Å². The lowest BCUT2D eigenvalue weighted by Gasteiger charge is -2.06. The minimum Gasteiger partial charge on any atom is -0.493 e. The van der Waals surface area contributed by atoms with E-state index in [0.29, 0.717) is 5.22 Å². The van der Waals surface area contributed by atoms with Crippen LogP contribution in [0.25, 0.3) is 0 Å². The summed E-state index contributed by atoms with van der Waals surface area (Å²) in [7, 11) is 1.61. The Morgan fingerprint density at radius 3 is 2.93 bits per heavy atom. The van der Waals surface area contributed by atoms with E-state index < -0.39 is 0 Å². The molecule has 0 saturated heterocycles. The molecule has 0 bridgehead atoms. The van der Waals surface area contributed by atoms with E-state index in [0.717, 1.165) is 37.2 Å². The van der Waals surface area contributed by atoms with E-state index in [-0.39, 0.29) is 5.54 Å². The van der Waals surface area contributed by atoms with E-state index in [9.17, 15) is 0 Å². The summed E-state index contributed by atoms with van der Waals surface area (Å²) in [4.78, 5) is 0. The van der Waals surface area contributed by atoms with E-state index in [1.54, 1.807) is 13.2 Å². The Labute approximate surface area is 88.2 Å². The number of ether oxygens (including phenoxy) is 1. The highest BCUT2D eigenvalue weighted by atomic mass is 35.5. The molecule has 1 saturated carbocycles. The topological polar surface area (TPSA) is 48.4 Å². The lowest BCUT2D eigenvalue weighted by molar-refractivity contribution is 0.386. The predicted molar refractivity (Wildman–Crippen MR) is 54.7 cm³/mol. The standard InChI is InChI=1S/C10H14ClNO2/c1-13-8-6-9(11)14-7(8)2-3-10(12)4-5-10/h6H,2-5,12H2,1H3. The summed E-state index contributed by atoms with van der Waals surface area (Å²) in [5, 5.41) is 0.374. The van der Waals surface area contributed by atoms with Gasteiger partial charge in [0.25, 0.3) is 0 Å². The Morgan fingerprint density at radius 1 is 1.64 bits per heavy atom. The second-order valence-corrected chi connectivity index (χ2v) is 4.28. The molecule has 0 aromatic carbocycles. The minimum absolute atomic E-state index is 0.0459. The smallest absolute Gasteiger partial charge is 0.197 e. The van der Waals surface area contributed by atoms with Crippen molar-refractivity contribution in [2.24, 2.45) is 5.73 Å². The Hall–Kier alpha value is -0.670. The molecule has 1 aromatic rings. The first-order valence-corrected chi connectivity index (χ1v) is 5.12. The van der Waals surface area contributed by atoms with Crippen LogP contribution in [0.3, 0.4) is 0 Å². The van der Waals surface area contributed by atoms with Crippen LogP contribution in [-0.2, 0) is 6.42 Å². The van der Waals surface area contributed by atoms with Gasteiger partial charge in [-0.3, -0.25) is 0 Å². The van der Waals surface area contributed by atoms with E-state index in [1.165, 1.54) is 0 Å². The molecule has 0 radical (unpaired) electrons. The quantitative estimate of drug-likeness (QED) is 0.839. The van der Waals surface area contributed by atoms with Crippen molar-refractivity contribution in [2.75, 3.05) is 7.11 Å². The molecule has 2 rings (SSSR count). The van der Waals surface area contributed by atoms with Crippen LogP contribution in [0.1, 0.15) is 25.0 Å². The average molecular weight is 216 g/mol. The molecular weight excluding hydrogens is 202 g/mol. The molecule has 1 aromatic heterocycles. The van der Waals surface area contributed by atoms with Crippen molar-refractivity contribution in [1.82, 2.24) is 0 Å². The Balaban J connectivity index is 2.00. The number of halogens is 1. The van der Waals surface area contributed by atoms with Gasteiger partial charge in [0.05, 0.1) is 7.11 Å². The van der Waals surface area contributed by atoms with E-state index in [4.69, 9.17) is 26.5 Å². The normalized spacial score (nSPS) is 18.2. The third-order valence-corrected chi connectivity index (χ3v) is 2.89. The first kappa shape index (κ1) is 9.87. The average Bonchev–Trinajstić information content (AvgIpc) is 2.76. The van der Waals surface area contributed by atoms with Gasteiger partial charge in [-0.05, 0) is 30.9 Å².